The Morgan fingerprint density at radius 3 is 2.17 bits per heavy atom. The summed E-state index contributed by atoms with van der Waals surface area (Å²) in [4.78, 5) is 0. The number of hydrogen-bond acceptors (Lipinski definition) is 1. The fourth-order valence-electron chi connectivity index (χ4n) is 1.16. The zero-order valence-corrected chi connectivity index (χ0v) is 9.81. The van der Waals surface area contributed by atoms with Gasteiger partial charge < -0.3 is 4.74 Å². The summed E-state index contributed by atoms with van der Waals surface area (Å²) in [6, 6.07) is 4.16. The van der Waals surface area contributed by atoms with Crippen molar-refractivity contribution < 1.29 is 4.74 Å². The van der Waals surface area contributed by atoms with E-state index in [2.05, 4.69) is 48.6 Å². The average molecular weight is 276 g/mol. The van der Waals surface area contributed by atoms with Crippen molar-refractivity contribution in [2.45, 2.75) is 20.8 Å². The topological polar surface area (TPSA) is 9.23 Å². The molecule has 1 rings (SSSR count). The molecule has 0 aliphatic carbocycles. The highest BCUT2D eigenvalue weighted by Gasteiger charge is 2.01. The predicted octanol–water partition coefficient (Wildman–Crippen LogP) is 3.31. The van der Waals surface area contributed by atoms with E-state index in [9.17, 15) is 0 Å². The van der Waals surface area contributed by atoms with Crippen LogP contribution in [0.4, 0.5) is 0 Å². The van der Waals surface area contributed by atoms with Gasteiger partial charge in [-0.05, 0) is 66.6 Å². The molecule has 0 saturated heterocycles. The van der Waals surface area contributed by atoms with E-state index in [4.69, 9.17) is 4.74 Å². The molecule has 0 bridgehead atoms. The molecule has 66 valence electrons. The van der Waals surface area contributed by atoms with Gasteiger partial charge in [0.05, 0.1) is 6.61 Å². The molecular weight excluding hydrogens is 263 g/mol. The van der Waals surface area contributed by atoms with E-state index < -0.39 is 0 Å². The maximum atomic E-state index is 5.42. The van der Waals surface area contributed by atoms with Crippen molar-refractivity contribution >= 4 is 22.6 Å². The van der Waals surface area contributed by atoms with Gasteiger partial charge in [0.15, 0.2) is 0 Å². The third-order valence-corrected chi connectivity index (χ3v) is 3.42. The maximum absolute atomic E-state index is 5.42. The fourth-order valence-corrected chi connectivity index (χ4v) is 1.47. The first kappa shape index (κ1) is 9.84. The van der Waals surface area contributed by atoms with Gasteiger partial charge in [0, 0.05) is 3.57 Å². The number of benzene rings is 1. The van der Waals surface area contributed by atoms with Crippen LogP contribution in [0.1, 0.15) is 18.1 Å². The van der Waals surface area contributed by atoms with Crippen LogP contribution in [0.3, 0.4) is 0 Å². The second-order valence-electron chi connectivity index (χ2n) is 2.80. The van der Waals surface area contributed by atoms with Crippen LogP contribution in [0.2, 0.25) is 0 Å². The van der Waals surface area contributed by atoms with E-state index in [0.29, 0.717) is 0 Å². The molecular formula is C10H13IO. The van der Waals surface area contributed by atoms with Crippen LogP contribution in [0.15, 0.2) is 12.1 Å². The Morgan fingerprint density at radius 1 is 1.25 bits per heavy atom. The van der Waals surface area contributed by atoms with Crippen LogP contribution in [-0.2, 0) is 0 Å². The third kappa shape index (κ3) is 2.12. The molecule has 0 atom stereocenters. The number of rotatable bonds is 2. The summed E-state index contributed by atoms with van der Waals surface area (Å²) in [5.74, 6) is 0.980. The summed E-state index contributed by atoms with van der Waals surface area (Å²) in [7, 11) is 0. The lowest BCUT2D eigenvalue weighted by Crippen LogP contribution is -1.94. The average Bonchev–Trinajstić information content (AvgIpc) is 2.01. The molecule has 0 fully saturated rings. The molecule has 12 heavy (non-hydrogen) atoms. The summed E-state index contributed by atoms with van der Waals surface area (Å²) in [5, 5.41) is 0. The summed E-state index contributed by atoms with van der Waals surface area (Å²) < 4.78 is 6.75. The van der Waals surface area contributed by atoms with Gasteiger partial charge in [-0.25, -0.2) is 0 Å². The SMILES string of the molecule is CCOc1cc(C)c(I)c(C)c1. The van der Waals surface area contributed by atoms with Crippen molar-refractivity contribution in [3.05, 3.63) is 26.8 Å². The molecule has 1 nitrogen and oxygen atoms in total. The second-order valence-corrected chi connectivity index (χ2v) is 3.88. The zero-order valence-electron chi connectivity index (χ0n) is 7.65. The Hall–Kier alpha value is -0.250. The molecule has 1 aromatic carbocycles. The lowest BCUT2D eigenvalue weighted by Gasteiger charge is -2.07. The molecule has 0 saturated carbocycles. The van der Waals surface area contributed by atoms with Gasteiger partial charge in [-0.2, -0.15) is 0 Å². The van der Waals surface area contributed by atoms with Gasteiger partial charge >= 0.3 is 0 Å². The smallest absolute Gasteiger partial charge is 0.119 e. The number of halogens is 1. The molecule has 0 aliphatic rings. The molecule has 0 spiro atoms. The summed E-state index contributed by atoms with van der Waals surface area (Å²) >= 11 is 2.36. The first-order valence-electron chi connectivity index (χ1n) is 4.04. The van der Waals surface area contributed by atoms with Gasteiger partial charge in [0.1, 0.15) is 5.75 Å². The third-order valence-electron chi connectivity index (χ3n) is 1.72. The summed E-state index contributed by atoms with van der Waals surface area (Å²) in [5.41, 5.74) is 2.58. The van der Waals surface area contributed by atoms with Crippen molar-refractivity contribution in [2.24, 2.45) is 0 Å². The van der Waals surface area contributed by atoms with E-state index in [0.717, 1.165) is 12.4 Å². The van der Waals surface area contributed by atoms with E-state index in [1.54, 1.807) is 0 Å². The maximum Gasteiger partial charge on any atom is 0.119 e. The minimum atomic E-state index is 0.736. The Labute approximate surface area is 87.3 Å². The minimum Gasteiger partial charge on any atom is -0.494 e. The van der Waals surface area contributed by atoms with Crippen LogP contribution >= 0.6 is 22.6 Å². The van der Waals surface area contributed by atoms with Crippen LogP contribution < -0.4 is 4.74 Å². The second kappa shape index (κ2) is 4.12. The van der Waals surface area contributed by atoms with E-state index in [-0.39, 0.29) is 0 Å². The molecule has 0 aliphatic heterocycles. The summed E-state index contributed by atoms with van der Waals surface area (Å²) in [6.07, 6.45) is 0. The first-order valence-corrected chi connectivity index (χ1v) is 5.12. The molecule has 0 unspecified atom stereocenters. The van der Waals surface area contributed by atoms with Gasteiger partial charge in [0.2, 0.25) is 0 Å². The quantitative estimate of drug-likeness (QED) is 0.753. The van der Waals surface area contributed by atoms with Crippen molar-refractivity contribution in [1.82, 2.24) is 0 Å². The van der Waals surface area contributed by atoms with Crippen LogP contribution in [0, 0.1) is 17.4 Å². The Balaban J connectivity index is 3.04. The first-order chi connectivity index (χ1) is 5.65. The molecule has 2 heteroatoms. The molecule has 1 aromatic rings. The zero-order chi connectivity index (χ0) is 9.14. The largest absolute Gasteiger partial charge is 0.494 e. The van der Waals surface area contributed by atoms with Gasteiger partial charge in [-0.15, -0.1) is 0 Å². The van der Waals surface area contributed by atoms with Crippen molar-refractivity contribution in [3.63, 3.8) is 0 Å². The highest BCUT2D eigenvalue weighted by Crippen LogP contribution is 2.22. The van der Waals surface area contributed by atoms with Gasteiger partial charge in [-0.1, -0.05) is 0 Å². The highest BCUT2D eigenvalue weighted by molar-refractivity contribution is 14.1. The van der Waals surface area contributed by atoms with E-state index in [1.165, 1.54) is 14.7 Å². The van der Waals surface area contributed by atoms with Gasteiger partial charge in [0.25, 0.3) is 0 Å². The Bertz CT molecular complexity index is 258. The van der Waals surface area contributed by atoms with Crippen molar-refractivity contribution in [2.75, 3.05) is 6.61 Å². The van der Waals surface area contributed by atoms with Crippen LogP contribution in [0.25, 0.3) is 0 Å². The number of aryl methyl sites for hydroxylation is 2. The van der Waals surface area contributed by atoms with Crippen molar-refractivity contribution in [1.29, 1.82) is 0 Å². The standard InChI is InChI=1S/C10H13IO/c1-4-12-9-5-7(2)10(11)8(3)6-9/h5-6H,4H2,1-3H3. The Kier molecular flexibility index (Phi) is 3.38. The highest BCUT2D eigenvalue weighted by atomic mass is 127. The lowest BCUT2D eigenvalue weighted by atomic mass is 10.1. The molecule has 0 N–H and O–H groups in total. The van der Waals surface area contributed by atoms with Crippen molar-refractivity contribution in [3.8, 4) is 5.75 Å². The minimum absolute atomic E-state index is 0.736. The molecule has 0 heterocycles. The van der Waals surface area contributed by atoms with E-state index >= 15 is 0 Å². The van der Waals surface area contributed by atoms with Crippen LogP contribution in [0.5, 0.6) is 5.75 Å². The molecule has 0 amide bonds. The van der Waals surface area contributed by atoms with E-state index in [1.807, 2.05) is 6.92 Å². The predicted molar refractivity (Wildman–Crippen MR) is 59.8 cm³/mol. The van der Waals surface area contributed by atoms with Gasteiger partial charge in [-0.3, -0.25) is 0 Å². The Morgan fingerprint density at radius 2 is 1.75 bits per heavy atom. The normalized spacial score (nSPS) is 10.0. The summed E-state index contributed by atoms with van der Waals surface area (Å²) in [6.45, 7) is 6.96. The number of ether oxygens (including phenoxy) is 1. The lowest BCUT2D eigenvalue weighted by molar-refractivity contribution is 0.339. The van der Waals surface area contributed by atoms with Crippen LogP contribution in [-0.4, -0.2) is 6.61 Å². The monoisotopic (exact) mass is 276 g/mol. The number of hydrogen-bond donors (Lipinski definition) is 0. The molecule has 0 radical (unpaired) electrons. The molecule has 0 aromatic heterocycles. The fraction of sp³-hybridized carbons (Fsp3) is 0.400.